The van der Waals surface area contributed by atoms with Gasteiger partial charge in [-0.1, -0.05) is 22.9 Å². The van der Waals surface area contributed by atoms with Gasteiger partial charge in [0.25, 0.3) is 0 Å². The fraction of sp³-hybridized carbons (Fsp3) is 0. The predicted octanol–water partition coefficient (Wildman–Crippen LogP) is 3.53. The molecular weight excluding hydrogens is 296 g/mol. The van der Waals surface area contributed by atoms with Gasteiger partial charge in [-0.3, -0.25) is 0 Å². The molecule has 0 saturated carbocycles. The molecular formula is C9H5ClN4S3. The van der Waals surface area contributed by atoms with E-state index in [9.17, 15) is 0 Å². The van der Waals surface area contributed by atoms with Gasteiger partial charge in [-0.05, 0) is 30.0 Å². The Balaban J connectivity index is 1.95. The van der Waals surface area contributed by atoms with Crippen molar-refractivity contribution in [3.8, 4) is 0 Å². The molecule has 0 aliphatic carbocycles. The van der Waals surface area contributed by atoms with Gasteiger partial charge in [0, 0.05) is 5.02 Å². The van der Waals surface area contributed by atoms with Gasteiger partial charge < -0.3 is 5.73 Å². The molecule has 4 nitrogen and oxygen atoms in total. The van der Waals surface area contributed by atoms with Crippen LogP contribution in [0, 0.1) is 0 Å². The molecule has 86 valence electrons. The summed E-state index contributed by atoms with van der Waals surface area (Å²) in [5.74, 6) is 0. The first-order valence-corrected chi connectivity index (χ1v) is 7.36. The van der Waals surface area contributed by atoms with Gasteiger partial charge in [0.2, 0.25) is 5.13 Å². The van der Waals surface area contributed by atoms with Crippen molar-refractivity contribution in [3.05, 3.63) is 23.2 Å². The highest BCUT2D eigenvalue weighted by molar-refractivity contribution is 8.02. The number of hydrogen-bond donors (Lipinski definition) is 1. The van der Waals surface area contributed by atoms with E-state index in [0.29, 0.717) is 10.2 Å². The third-order valence-corrected chi connectivity index (χ3v) is 5.06. The molecule has 2 heterocycles. The third-order valence-electron chi connectivity index (χ3n) is 1.93. The fourth-order valence-corrected chi connectivity index (χ4v) is 4.31. The average Bonchev–Trinajstić information content (AvgIpc) is 2.84. The smallest absolute Gasteiger partial charge is 0.203 e. The van der Waals surface area contributed by atoms with Crippen molar-refractivity contribution in [2.24, 2.45) is 0 Å². The standard InChI is InChI=1S/C9H5ClN4S3/c10-4-1-2-6-5(3-4)12-8(15-6)17-9-14-13-7(11)16-9/h1-3H,(H2,11,13). The highest BCUT2D eigenvalue weighted by Gasteiger charge is 2.09. The summed E-state index contributed by atoms with van der Waals surface area (Å²) < 4.78 is 2.82. The highest BCUT2D eigenvalue weighted by Crippen LogP contribution is 2.36. The molecule has 3 rings (SSSR count). The van der Waals surface area contributed by atoms with Gasteiger partial charge in [-0.15, -0.1) is 21.5 Å². The molecule has 17 heavy (non-hydrogen) atoms. The number of nitrogen functional groups attached to an aromatic ring is 1. The van der Waals surface area contributed by atoms with Crippen molar-refractivity contribution in [3.63, 3.8) is 0 Å². The Labute approximate surface area is 114 Å². The molecule has 0 aliphatic heterocycles. The van der Waals surface area contributed by atoms with Gasteiger partial charge in [0.1, 0.15) is 0 Å². The summed E-state index contributed by atoms with van der Waals surface area (Å²) in [5.41, 5.74) is 6.43. The van der Waals surface area contributed by atoms with E-state index < -0.39 is 0 Å². The normalized spacial score (nSPS) is 11.1. The van der Waals surface area contributed by atoms with E-state index in [2.05, 4.69) is 15.2 Å². The lowest BCUT2D eigenvalue weighted by molar-refractivity contribution is 1.02. The van der Waals surface area contributed by atoms with Crippen molar-refractivity contribution in [2.45, 2.75) is 8.68 Å². The fourth-order valence-electron chi connectivity index (χ4n) is 1.26. The lowest BCUT2D eigenvalue weighted by Crippen LogP contribution is -1.79. The summed E-state index contributed by atoms with van der Waals surface area (Å²) >= 11 is 10.3. The maximum absolute atomic E-state index is 5.91. The van der Waals surface area contributed by atoms with Crippen molar-refractivity contribution < 1.29 is 0 Å². The van der Waals surface area contributed by atoms with Crippen LogP contribution < -0.4 is 5.73 Å². The molecule has 0 radical (unpaired) electrons. The zero-order valence-corrected chi connectivity index (χ0v) is 11.5. The minimum Gasteiger partial charge on any atom is -0.374 e. The van der Waals surface area contributed by atoms with Crippen LogP contribution in [0.5, 0.6) is 0 Å². The zero-order valence-electron chi connectivity index (χ0n) is 8.25. The molecule has 0 fully saturated rings. The van der Waals surface area contributed by atoms with E-state index in [4.69, 9.17) is 17.3 Å². The molecule has 0 unspecified atom stereocenters. The Bertz CT molecular complexity index is 678. The Morgan fingerprint density at radius 2 is 2.06 bits per heavy atom. The summed E-state index contributed by atoms with van der Waals surface area (Å²) in [4.78, 5) is 4.47. The number of thiazole rings is 1. The number of benzene rings is 1. The van der Waals surface area contributed by atoms with Gasteiger partial charge in [-0.25, -0.2) is 4.98 Å². The number of nitrogens with two attached hydrogens (primary N) is 1. The number of halogens is 1. The van der Waals surface area contributed by atoms with E-state index in [1.807, 2.05) is 18.2 Å². The van der Waals surface area contributed by atoms with Crippen molar-refractivity contribution >= 4 is 61.4 Å². The summed E-state index contributed by atoms with van der Waals surface area (Å²) in [5, 5.41) is 8.87. The average molecular weight is 301 g/mol. The maximum atomic E-state index is 5.91. The van der Waals surface area contributed by atoms with E-state index in [-0.39, 0.29) is 0 Å². The van der Waals surface area contributed by atoms with Gasteiger partial charge in [0.15, 0.2) is 8.68 Å². The third kappa shape index (κ3) is 2.37. The number of hydrogen-bond acceptors (Lipinski definition) is 7. The Hall–Kier alpha value is -0.890. The monoisotopic (exact) mass is 300 g/mol. The highest BCUT2D eigenvalue weighted by atomic mass is 35.5. The maximum Gasteiger partial charge on any atom is 0.203 e. The number of aromatic nitrogens is 3. The van der Waals surface area contributed by atoms with Crippen LogP contribution in [0.25, 0.3) is 10.2 Å². The van der Waals surface area contributed by atoms with Crippen LogP contribution in [-0.2, 0) is 0 Å². The minimum absolute atomic E-state index is 0.469. The van der Waals surface area contributed by atoms with Crippen LogP contribution in [0.3, 0.4) is 0 Å². The first-order chi connectivity index (χ1) is 8.20. The number of rotatable bonds is 2. The molecule has 1 aromatic carbocycles. The van der Waals surface area contributed by atoms with Gasteiger partial charge in [0.05, 0.1) is 10.2 Å². The quantitative estimate of drug-likeness (QED) is 0.784. The second-order valence-corrected chi connectivity index (χ2v) is 7.07. The largest absolute Gasteiger partial charge is 0.374 e. The van der Waals surface area contributed by atoms with E-state index >= 15 is 0 Å². The molecule has 0 amide bonds. The van der Waals surface area contributed by atoms with E-state index in [1.165, 1.54) is 23.1 Å². The predicted molar refractivity (Wildman–Crippen MR) is 73.1 cm³/mol. The van der Waals surface area contributed by atoms with E-state index in [1.54, 1.807) is 11.3 Å². The molecule has 2 aromatic heterocycles. The molecule has 3 aromatic rings. The minimum atomic E-state index is 0.469. The van der Waals surface area contributed by atoms with Crippen LogP contribution >= 0.6 is 46.0 Å². The van der Waals surface area contributed by atoms with E-state index in [0.717, 1.165) is 18.9 Å². The SMILES string of the molecule is Nc1nnc(Sc2nc3cc(Cl)ccc3s2)s1. The Morgan fingerprint density at radius 3 is 2.82 bits per heavy atom. The first kappa shape index (κ1) is 11.2. The first-order valence-electron chi connectivity index (χ1n) is 4.53. The van der Waals surface area contributed by atoms with Crippen LogP contribution in [-0.4, -0.2) is 15.2 Å². The van der Waals surface area contributed by atoms with Crippen LogP contribution in [0.4, 0.5) is 5.13 Å². The summed E-state index contributed by atoms with van der Waals surface area (Å²) in [6.45, 7) is 0. The van der Waals surface area contributed by atoms with Crippen LogP contribution in [0.2, 0.25) is 5.02 Å². The summed E-state index contributed by atoms with van der Waals surface area (Å²) in [7, 11) is 0. The molecule has 2 N–H and O–H groups in total. The molecule has 0 saturated heterocycles. The zero-order chi connectivity index (χ0) is 11.8. The molecule has 0 aliphatic rings. The Morgan fingerprint density at radius 1 is 1.18 bits per heavy atom. The second-order valence-electron chi connectivity index (χ2n) is 3.10. The van der Waals surface area contributed by atoms with Crippen molar-refractivity contribution in [1.29, 1.82) is 0 Å². The topological polar surface area (TPSA) is 64.7 Å². The number of anilines is 1. The van der Waals surface area contributed by atoms with Gasteiger partial charge in [-0.2, -0.15) is 0 Å². The molecule has 0 atom stereocenters. The number of fused-ring (bicyclic) bond motifs is 1. The molecule has 8 heteroatoms. The van der Waals surface area contributed by atoms with Crippen molar-refractivity contribution in [2.75, 3.05) is 5.73 Å². The van der Waals surface area contributed by atoms with Crippen molar-refractivity contribution in [1.82, 2.24) is 15.2 Å². The summed E-state index contributed by atoms with van der Waals surface area (Å²) in [6, 6.07) is 5.68. The second kappa shape index (κ2) is 4.41. The molecule has 0 bridgehead atoms. The lowest BCUT2D eigenvalue weighted by Gasteiger charge is -1.87. The number of nitrogens with zero attached hydrogens (tertiary/aromatic N) is 3. The van der Waals surface area contributed by atoms with Crippen LogP contribution in [0.1, 0.15) is 0 Å². The van der Waals surface area contributed by atoms with Gasteiger partial charge >= 0.3 is 0 Å². The Kier molecular flexibility index (Phi) is 2.91. The van der Waals surface area contributed by atoms with Crippen LogP contribution in [0.15, 0.2) is 26.9 Å². The summed E-state index contributed by atoms with van der Waals surface area (Å²) in [6.07, 6.45) is 0. The molecule has 0 spiro atoms. The lowest BCUT2D eigenvalue weighted by atomic mass is 10.3.